The largest absolute Gasteiger partial charge is 0.369 e. The molecule has 1 aromatic carbocycles. The Morgan fingerprint density at radius 3 is 2.90 bits per heavy atom. The molecule has 1 heterocycles. The van der Waals surface area contributed by atoms with Gasteiger partial charge in [-0.3, -0.25) is 0 Å². The summed E-state index contributed by atoms with van der Waals surface area (Å²) in [5.74, 6) is 0. The molecule has 1 fully saturated rings. The molecule has 1 saturated heterocycles. The number of aryl methyl sites for hydroxylation is 1. The molecule has 2 heteroatoms. The summed E-state index contributed by atoms with van der Waals surface area (Å²) in [5, 5.41) is 3.75. The molecule has 3 rings (SSSR count). The molecule has 0 radical (unpaired) electrons. The van der Waals surface area contributed by atoms with Gasteiger partial charge in [0.05, 0.1) is 0 Å². The van der Waals surface area contributed by atoms with Crippen LogP contribution in [0.25, 0.3) is 0 Å². The summed E-state index contributed by atoms with van der Waals surface area (Å²) in [6, 6.07) is 6.96. The quantitative estimate of drug-likeness (QED) is 0.886. The molecule has 1 aromatic rings. The Morgan fingerprint density at radius 1 is 1.20 bits per heavy atom. The minimum absolute atomic E-state index is 0.258. The Bertz CT molecular complexity index is 468. The number of benzene rings is 1. The number of anilines is 1. The number of hydrogen-bond acceptors (Lipinski definition) is 2. The average molecular weight is 272 g/mol. The first-order chi connectivity index (χ1) is 9.72. The molecule has 20 heavy (non-hydrogen) atoms. The van der Waals surface area contributed by atoms with Gasteiger partial charge in [0.15, 0.2) is 0 Å². The van der Waals surface area contributed by atoms with Crippen molar-refractivity contribution in [3.63, 3.8) is 0 Å². The van der Waals surface area contributed by atoms with Gasteiger partial charge in [0, 0.05) is 24.3 Å². The van der Waals surface area contributed by atoms with Crippen LogP contribution < -0.4 is 10.2 Å². The fourth-order valence-electron chi connectivity index (χ4n) is 3.72. The summed E-state index contributed by atoms with van der Waals surface area (Å²) in [6.45, 7) is 8.16. The highest BCUT2D eigenvalue weighted by atomic mass is 15.2. The Morgan fingerprint density at radius 2 is 2.05 bits per heavy atom. The molecule has 1 aliphatic carbocycles. The molecule has 1 aliphatic heterocycles. The Balaban J connectivity index is 1.91. The molecule has 1 atom stereocenters. The van der Waals surface area contributed by atoms with Crippen LogP contribution in [-0.2, 0) is 12.8 Å². The monoisotopic (exact) mass is 272 g/mol. The van der Waals surface area contributed by atoms with Crippen molar-refractivity contribution in [2.45, 2.75) is 57.9 Å². The van der Waals surface area contributed by atoms with E-state index in [-0.39, 0.29) is 5.54 Å². The van der Waals surface area contributed by atoms with Gasteiger partial charge in [-0.15, -0.1) is 0 Å². The summed E-state index contributed by atoms with van der Waals surface area (Å²) in [6.07, 6.45) is 7.72. The van der Waals surface area contributed by atoms with Gasteiger partial charge in [0.25, 0.3) is 0 Å². The molecule has 0 spiro atoms. The van der Waals surface area contributed by atoms with Crippen LogP contribution in [0.15, 0.2) is 18.2 Å². The maximum Gasteiger partial charge on any atom is 0.0402 e. The van der Waals surface area contributed by atoms with Gasteiger partial charge >= 0.3 is 0 Å². The Labute approximate surface area is 123 Å². The topological polar surface area (TPSA) is 15.3 Å². The maximum absolute atomic E-state index is 3.75. The van der Waals surface area contributed by atoms with Crippen LogP contribution in [0.1, 0.15) is 50.7 Å². The normalized spacial score (nSPS) is 27.0. The van der Waals surface area contributed by atoms with E-state index in [4.69, 9.17) is 0 Å². The highest BCUT2D eigenvalue weighted by molar-refractivity contribution is 5.58. The lowest BCUT2D eigenvalue weighted by atomic mass is 9.89. The zero-order valence-corrected chi connectivity index (χ0v) is 13.0. The van der Waals surface area contributed by atoms with Crippen molar-refractivity contribution in [1.29, 1.82) is 0 Å². The molecule has 0 aromatic heterocycles. The lowest BCUT2D eigenvalue weighted by Crippen LogP contribution is -2.48. The van der Waals surface area contributed by atoms with E-state index in [9.17, 15) is 0 Å². The van der Waals surface area contributed by atoms with E-state index >= 15 is 0 Å². The first-order valence-electron chi connectivity index (χ1n) is 8.32. The van der Waals surface area contributed by atoms with Crippen LogP contribution in [0.3, 0.4) is 0 Å². The van der Waals surface area contributed by atoms with Crippen LogP contribution in [0.2, 0.25) is 0 Å². The molecule has 2 nitrogen and oxygen atoms in total. The molecule has 2 aliphatic rings. The zero-order chi connectivity index (χ0) is 14.0. The third-order valence-electron chi connectivity index (χ3n) is 5.19. The summed E-state index contributed by atoms with van der Waals surface area (Å²) in [5.41, 5.74) is 5.02. The Hall–Kier alpha value is -1.02. The standard InChI is InChI=1S/C18H28N2/c1-3-18(2)14-20(13-7-12-19-18)17-11-6-9-15-8-4-5-10-16(15)17/h6,9,11,19H,3-5,7-8,10,12-14H2,1-2H3. The van der Waals surface area contributed by atoms with Gasteiger partial charge in [-0.25, -0.2) is 0 Å². The number of nitrogens with one attached hydrogen (secondary N) is 1. The van der Waals surface area contributed by atoms with Crippen molar-refractivity contribution in [2.24, 2.45) is 0 Å². The number of rotatable bonds is 2. The lowest BCUT2D eigenvalue weighted by Gasteiger charge is -2.35. The minimum Gasteiger partial charge on any atom is -0.369 e. The third-order valence-corrected chi connectivity index (χ3v) is 5.19. The second-order valence-electron chi connectivity index (χ2n) is 6.74. The van der Waals surface area contributed by atoms with Gasteiger partial charge in [-0.05, 0) is 69.2 Å². The van der Waals surface area contributed by atoms with E-state index in [0.29, 0.717) is 0 Å². The fraction of sp³-hybridized carbons (Fsp3) is 0.667. The van der Waals surface area contributed by atoms with Crippen LogP contribution in [0, 0.1) is 0 Å². The zero-order valence-electron chi connectivity index (χ0n) is 13.0. The van der Waals surface area contributed by atoms with Gasteiger partial charge in [0.1, 0.15) is 0 Å². The van der Waals surface area contributed by atoms with Crippen molar-refractivity contribution < 1.29 is 0 Å². The second-order valence-corrected chi connectivity index (χ2v) is 6.74. The average Bonchev–Trinajstić information content (AvgIpc) is 2.69. The van der Waals surface area contributed by atoms with Gasteiger partial charge in [-0.2, -0.15) is 0 Å². The Kier molecular flexibility index (Phi) is 4.02. The number of fused-ring (bicyclic) bond motifs is 1. The third kappa shape index (κ3) is 2.71. The van der Waals surface area contributed by atoms with Crippen molar-refractivity contribution in [2.75, 3.05) is 24.5 Å². The number of nitrogens with zero attached hydrogens (tertiary/aromatic N) is 1. The molecule has 110 valence electrons. The van der Waals surface area contributed by atoms with Crippen molar-refractivity contribution in [1.82, 2.24) is 5.32 Å². The van der Waals surface area contributed by atoms with Crippen LogP contribution >= 0.6 is 0 Å². The highest BCUT2D eigenvalue weighted by Crippen LogP contribution is 2.32. The summed E-state index contributed by atoms with van der Waals surface area (Å²) < 4.78 is 0. The van der Waals surface area contributed by atoms with Crippen LogP contribution in [-0.4, -0.2) is 25.2 Å². The van der Waals surface area contributed by atoms with Gasteiger partial charge in [0.2, 0.25) is 0 Å². The molecule has 0 amide bonds. The molecule has 1 unspecified atom stereocenters. The van der Waals surface area contributed by atoms with Crippen LogP contribution in [0.4, 0.5) is 5.69 Å². The van der Waals surface area contributed by atoms with E-state index in [0.717, 1.165) is 13.1 Å². The van der Waals surface area contributed by atoms with E-state index in [1.54, 1.807) is 11.1 Å². The smallest absolute Gasteiger partial charge is 0.0402 e. The molecular weight excluding hydrogens is 244 g/mol. The van der Waals surface area contributed by atoms with Crippen molar-refractivity contribution >= 4 is 5.69 Å². The van der Waals surface area contributed by atoms with Crippen molar-refractivity contribution in [3.8, 4) is 0 Å². The molecule has 1 N–H and O–H groups in total. The van der Waals surface area contributed by atoms with E-state index in [1.807, 2.05) is 0 Å². The van der Waals surface area contributed by atoms with E-state index in [2.05, 4.69) is 42.3 Å². The lowest BCUT2D eigenvalue weighted by molar-refractivity contribution is 0.366. The maximum atomic E-state index is 3.75. The molecular formula is C18H28N2. The molecule has 0 saturated carbocycles. The van der Waals surface area contributed by atoms with Crippen molar-refractivity contribution in [3.05, 3.63) is 29.3 Å². The first kappa shape index (κ1) is 13.9. The SMILES string of the molecule is CCC1(C)CN(c2cccc3c2CCCC3)CCCN1. The summed E-state index contributed by atoms with van der Waals surface area (Å²) >= 11 is 0. The summed E-state index contributed by atoms with van der Waals surface area (Å²) in [4.78, 5) is 2.65. The van der Waals surface area contributed by atoms with Crippen LogP contribution in [0.5, 0.6) is 0 Å². The first-order valence-corrected chi connectivity index (χ1v) is 8.32. The van der Waals surface area contributed by atoms with E-state index in [1.165, 1.54) is 50.8 Å². The fourth-order valence-corrected chi connectivity index (χ4v) is 3.72. The summed E-state index contributed by atoms with van der Waals surface area (Å²) in [7, 11) is 0. The molecule has 0 bridgehead atoms. The van der Waals surface area contributed by atoms with Gasteiger partial charge < -0.3 is 10.2 Å². The predicted octanol–water partition coefficient (Wildman–Crippen LogP) is 3.53. The van der Waals surface area contributed by atoms with Gasteiger partial charge in [-0.1, -0.05) is 19.1 Å². The van der Waals surface area contributed by atoms with E-state index < -0.39 is 0 Å². The predicted molar refractivity (Wildman–Crippen MR) is 86.6 cm³/mol. The second kappa shape index (κ2) is 5.77. The highest BCUT2D eigenvalue weighted by Gasteiger charge is 2.28. The number of hydrogen-bond donors (Lipinski definition) is 1. The minimum atomic E-state index is 0.258.